The number of hydrogen-bond donors (Lipinski definition) is 5. The van der Waals surface area contributed by atoms with Crippen molar-refractivity contribution in [3.63, 3.8) is 0 Å². The lowest BCUT2D eigenvalue weighted by Gasteiger charge is -2.34. The van der Waals surface area contributed by atoms with Gasteiger partial charge in [0.15, 0.2) is 23.3 Å². The van der Waals surface area contributed by atoms with E-state index in [2.05, 4.69) is 16.0 Å². The summed E-state index contributed by atoms with van der Waals surface area (Å²) in [5, 5.41) is 28.1. The van der Waals surface area contributed by atoms with Gasteiger partial charge in [0.25, 0.3) is 5.91 Å². The van der Waals surface area contributed by atoms with E-state index in [1.165, 1.54) is 31.2 Å². The summed E-state index contributed by atoms with van der Waals surface area (Å²) in [4.78, 5) is 52.7. The molecule has 44 heavy (non-hydrogen) atoms. The second kappa shape index (κ2) is 14.0. The molecule has 6 atom stereocenters. The molecular weight excluding hydrogens is 597 g/mol. The smallest absolute Gasteiger partial charge is 0.328 e. The van der Waals surface area contributed by atoms with Crippen molar-refractivity contribution in [2.45, 2.75) is 70.9 Å². The Bertz CT molecular complexity index is 1410. The molecule has 3 rings (SSSR count). The summed E-state index contributed by atoms with van der Waals surface area (Å²) in [7, 11) is 0. The molecule has 0 aliphatic carbocycles. The van der Waals surface area contributed by atoms with Gasteiger partial charge < -0.3 is 30.9 Å². The normalized spacial score (nSPS) is 24.9. The van der Waals surface area contributed by atoms with Crippen LogP contribution in [0.3, 0.4) is 0 Å². The maximum Gasteiger partial charge on any atom is 0.328 e. The van der Waals surface area contributed by atoms with Gasteiger partial charge in [-0.05, 0) is 31.4 Å². The van der Waals surface area contributed by atoms with Gasteiger partial charge in [-0.2, -0.15) is 0 Å². The average molecular weight is 630 g/mol. The number of nitrogens with one attached hydrogen (secondary N) is 3. The highest BCUT2D eigenvalue weighted by atomic mass is 19.2. The van der Waals surface area contributed by atoms with Gasteiger partial charge in [0.05, 0.1) is 23.6 Å². The molecule has 5 N–H and O–H groups in total. The molecule has 10 nitrogen and oxygen atoms in total. The van der Waals surface area contributed by atoms with E-state index in [-0.39, 0.29) is 17.9 Å². The minimum atomic E-state index is -2.42. The number of rotatable bonds is 6. The Morgan fingerprint density at radius 1 is 0.932 bits per heavy atom. The number of cyclic esters (lactones) is 1. The van der Waals surface area contributed by atoms with Gasteiger partial charge in [0.1, 0.15) is 23.9 Å². The summed E-state index contributed by atoms with van der Waals surface area (Å²) in [6.07, 6.45) is -4.61. The Balaban J connectivity index is 2.10. The molecule has 240 valence electrons. The SMILES string of the molecule is CC(C)CC1NC(=O)C(C)C(O)C(Cc2c(F)c(F)c(F)c(F)c2F)NC(=O)C(NC(=O)c2ccccc2O)C(C)OC1=O. The van der Waals surface area contributed by atoms with E-state index in [4.69, 9.17) is 4.74 Å². The number of aliphatic hydroxyl groups excluding tert-OH is 1. The van der Waals surface area contributed by atoms with Crippen molar-refractivity contribution in [1.29, 1.82) is 0 Å². The zero-order chi connectivity index (χ0) is 33.0. The summed E-state index contributed by atoms with van der Waals surface area (Å²) in [5.41, 5.74) is -1.65. The maximum absolute atomic E-state index is 14.6. The molecule has 0 aromatic heterocycles. The molecule has 15 heteroatoms. The number of hydrogen-bond acceptors (Lipinski definition) is 7. The second-order valence-electron chi connectivity index (χ2n) is 10.9. The van der Waals surface area contributed by atoms with Crippen LogP contribution in [0.4, 0.5) is 22.0 Å². The van der Waals surface area contributed by atoms with Crippen LogP contribution < -0.4 is 16.0 Å². The van der Waals surface area contributed by atoms with Crippen LogP contribution in [-0.4, -0.2) is 64.2 Å². The van der Waals surface area contributed by atoms with Crippen molar-refractivity contribution in [1.82, 2.24) is 16.0 Å². The van der Waals surface area contributed by atoms with Crippen LogP contribution in [0.25, 0.3) is 0 Å². The van der Waals surface area contributed by atoms with Crippen molar-refractivity contribution in [2.75, 3.05) is 0 Å². The lowest BCUT2D eigenvalue weighted by atomic mass is 9.90. The van der Waals surface area contributed by atoms with Gasteiger partial charge >= 0.3 is 5.97 Å². The predicted octanol–water partition coefficient (Wildman–Crippen LogP) is 2.39. The predicted molar refractivity (Wildman–Crippen MR) is 143 cm³/mol. The van der Waals surface area contributed by atoms with E-state index in [9.17, 15) is 51.3 Å². The Labute approximate surface area is 249 Å². The Morgan fingerprint density at radius 3 is 2.07 bits per heavy atom. The first-order valence-corrected chi connectivity index (χ1v) is 13.6. The zero-order valence-corrected chi connectivity index (χ0v) is 24.1. The summed E-state index contributed by atoms with van der Waals surface area (Å²) in [6, 6.07) is 0.321. The highest BCUT2D eigenvalue weighted by molar-refractivity contribution is 6.00. The van der Waals surface area contributed by atoms with E-state index >= 15 is 0 Å². The molecular formula is C29H32F5N3O7. The number of carbonyl (C=O) groups is 4. The highest BCUT2D eigenvalue weighted by Crippen LogP contribution is 2.26. The summed E-state index contributed by atoms with van der Waals surface area (Å²) in [6.45, 7) is 5.84. The summed E-state index contributed by atoms with van der Waals surface area (Å²) >= 11 is 0. The first-order chi connectivity index (χ1) is 20.5. The van der Waals surface area contributed by atoms with E-state index in [1.807, 2.05) is 0 Å². The summed E-state index contributed by atoms with van der Waals surface area (Å²) < 4.78 is 76.3. The number of amides is 3. The molecule has 0 spiro atoms. The molecule has 1 aliphatic rings. The number of carbonyl (C=O) groups excluding carboxylic acids is 4. The van der Waals surface area contributed by atoms with Crippen LogP contribution in [0.5, 0.6) is 5.75 Å². The monoisotopic (exact) mass is 629 g/mol. The minimum Gasteiger partial charge on any atom is -0.507 e. The number of esters is 1. The van der Waals surface area contributed by atoms with E-state index < -0.39 is 107 Å². The molecule has 0 saturated carbocycles. The molecule has 0 bridgehead atoms. The largest absolute Gasteiger partial charge is 0.507 e. The number of benzene rings is 2. The quantitative estimate of drug-likeness (QED) is 0.142. The maximum atomic E-state index is 14.6. The van der Waals surface area contributed by atoms with Gasteiger partial charge in [0, 0.05) is 12.0 Å². The van der Waals surface area contributed by atoms with Gasteiger partial charge in [-0.1, -0.05) is 32.9 Å². The van der Waals surface area contributed by atoms with Crippen molar-refractivity contribution in [3.05, 3.63) is 64.5 Å². The Morgan fingerprint density at radius 2 is 1.50 bits per heavy atom. The highest BCUT2D eigenvalue weighted by Gasteiger charge is 2.40. The van der Waals surface area contributed by atoms with Crippen molar-refractivity contribution >= 4 is 23.7 Å². The fraction of sp³-hybridized carbons (Fsp3) is 0.448. The Hall–Kier alpha value is -4.27. The third-order valence-corrected chi connectivity index (χ3v) is 7.19. The molecule has 1 saturated heterocycles. The number of halogens is 5. The molecule has 1 aliphatic heterocycles. The van der Waals surface area contributed by atoms with Crippen molar-refractivity contribution < 1.29 is 56.1 Å². The first-order valence-electron chi connectivity index (χ1n) is 13.6. The second-order valence-corrected chi connectivity index (χ2v) is 10.9. The lowest BCUT2D eigenvalue weighted by Crippen LogP contribution is -2.60. The number of phenols is 1. The molecule has 6 unspecified atom stereocenters. The average Bonchev–Trinajstić information content (AvgIpc) is 2.97. The van der Waals surface area contributed by atoms with Gasteiger partial charge in [-0.15, -0.1) is 0 Å². The van der Waals surface area contributed by atoms with E-state index in [1.54, 1.807) is 13.8 Å². The standard InChI is InChI=1S/C29H32F5N3O7/c1-11(2)9-17-29(43)44-13(4)24(37-27(41)14-7-5-6-8-18(14)38)28(42)35-16(25(39)12(3)26(40)36-17)10-15-19(30)21(32)23(34)22(33)20(15)31/h5-8,11-13,16-17,24-25,38-39H,9-10H2,1-4H3,(H,35,42)(H,36,40)(H,37,41). The first kappa shape index (κ1) is 34.2. The van der Waals surface area contributed by atoms with Crippen LogP contribution in [0.1, 0.15) is 50.0 Å². The minimum absolute atomic E-state index is 0.0508. The molecule has 2 aromatic rings. The summed E-state index contributed by atoms with van der Waals surface area (Å²) in [5.74, 6) is -17.6. The third-order valence-electron chi connectivity index (χ3n) is 7.19. The fourth-order valence-corrected chi connectivity index (χ4v) is 4.69. The molecule has 0 radical (unpaired) electrons. The number of aliphatic hydroxyl groups is 1. The van der Waals surface area contributed by atoms with Crippen LogP contribution in [0.15, 0.2) is 24.3 Å². The lowest BCUT2D eigenvalue weighted by molar-refractivity contribution is -0.156. The van der Waals surface area contributed by atoms with Crippen molar-refractivity contribution in [3.8, 4) is 5.75 Å². The van der Waals surface area contributed by atoms with Gasteiger partial charge in [-0.3, -0.25) is 14.4 Å². The number of para-hydroxylation sites is 1. The molecule has 1 heterocycles. The van der Waals surface area contributed by atoms with Gasteiger partial charge in [-0.25, -0.2) is 26.7 Å². The topological polar surface area (TPSA) is 154 Å². The molecule has 1 fully saturated rings. The molecule has 3 amide bonds. The van der Waals surface area contributed by atoms with E-state index in [0.717, 1.165) is 6.92 Å². The van der Waals surface area contributed by atoms with Crippen molar-refractivity contribution in [2.24, 2.45) is 11.8 Å². The molecule has 2 aromatic carbocycles. The third kappa shape index (κ3) is 7.44. The van der Waals surface area contributed by atoms with E-state index in [0.29, 0.717) is 0 Å². The van der Waals surface area contributed by atoms with Crippen LogP contribution in [0, 0.1) is 40.9 Å². The number of ether oxygens (including phenoxy) is 1. The van der Waals surface area contributed by atoms with Crippen LogP contribution in [0.2, 0.25) is 0 Å². The zero-order valence-electron chi connectivity index (χ0n) is 24.1. The number of phenolic OH excluding ortho intramolecular Hbond substituents is 1. The fourth-order valence-electron chi connectivity index (χ4n) is 4.69. The van der Waals surface area contributed by atoms with Crippen LogP contribution in [-0.2, 0) is 25.5 Å². The van der Waals surface area contributed by atoms with Gasteiger partial charge in [0.2, 0.25) is 17.6 Å². The number of aromatic hydroxyl groups is 1. The Kier molecular flexibility index (Phi) is 10.9. The van der Waals surface area contributed by atoms with Crippen LogP contribution >= 0.6 is 0 Å².